The number of hydrogen-bond acceptors (Lipinski definition) is 3. The van der Waals surface area contributed by atoms with E-state index in [2.05, 4.69) is 0 Å². The smallest absolute Gasteiger partial charge is 0.181 e. The lowest BCUT2D eigenvalue weighted by Gasteiger charge is -2.06. The van der Waals surface area contributed by atoms with Gasteiger partial charge < -0.3 is 9.15 Å². The maximum atomic E-state index is 8.66. The Balaban J connectivity index is 2.42. The highest BCUT2D eigenvalue weighted by Crippen LogP contribution is 2.28. The van der Waals surface area contributed by atoms with Gasteiger partial charge in [0.1, 0.15) is 23.2 Å². The fourth-order valence-corrected chi connectivity index (χ4v) is 1.63. The highest BCUT2D eigenvalue weighted by Gasteiger charge is 2.09. The molecular weight excluding hydrogens is 202 g/mol. The van der Waals surface area contributed by atoms with Gasteiger partial charge in [0, 0.05) is 11.5 Å². The first kappa shape index (κ1) is 10.6. The van der Waals surface area contributed by atoms with Crippen LogP contribution < -0.4 is 4.74 Å². The van der Waals surface area contributed by atoms with Crippen LogP contribution in [0.15, 0.2) is 22.6 Å². The highest BCUT2D eigenvalue weighted by molar-refractivity contribution is 5.83. The van der Waals surface area contributed by atoms with E-state index in [-0.39, 0.29) is 0 Å². The van der Waals surface area contributed by atoms with Gasteiger partial charge in [0.15, 0.2) is 6.10 Å². The summed E-state index contributed by atoms with van der Waals surface area (Å²) in [5.74, 6) is 1.58. The Kier molecular flexibility index (Phi) is 2.57. The molecule has 3 heteroatoms. The summed E-state index contributed by atoms with van der Waals surface area (Å²) in [5.41, 5.74) is 1.95. The Morgan fingerprint density at radius 3 is 2.81 bits per heavy atom. The summed E-state index contributed by atoms with van der Waals surface area (Å²) in [6, 6.07) is 7.67. The van der Waals surface area contributed by atoms with E-state index < -0.39 is 6.10 Å². The van der Waals surface area contributed by atoms with Gasteiger partial charge in [-0.2, -0.15) is 5.26 Å². The fourth-order valence-electron chi connectivity index (χ4n) is 1.63. The number of nitrogens with zero attached hydrogens (tertiary/aromatic N) is 1. The van der Waals surface area contributed by atoms with E-state index in [0.717, 1.165) is 22.3 Å². The second kappa shape index (κ2) is 3.90. The van der Waals surface area contributed by atoms with Crippen LogP contribution >= 0.6 is 0 Å². The normalized spacial score (nSPS) is 12.4. The van der Waals surface area contributed by atoms with Gasteiger partial charge in [-0.1, -0.05) is 0 Å². The summed E-state index contributed by atoms with van der Waals surface area (Å²) in [7, 11) is 0. The molecule has 16 heavy (non-hydrogen) atoms. The van der Waals surface area contributed by atoms with Crippen LogP contribution in [-0.4, -0.2) is 6.10 Å². The minimum absolute atomic E-state index is 0.449. The lowest BCUT2D eigenvalue weighted by Crippen LogP contribution is -2.07. The summed E-state index contributed by atoms with van der Waals surface area (Å²) >= 11 is 0. The zero-order valence-electron chi connectivity index (χ0n) is 9.57. The average Bonchev–Trinajstić information content (AvgIpc) is 2.54. The van der Waals surface area contributed by atoms with Crippen LogP contribution in [0.2, 0.25) is 0 Å². The molecule has 0 amide bonds. The molecule has 0 radical (unpaired) electrons. The molecule has 0 N–H and O–H groups in total. The molecule has 0 saturated carbocycles. The first-order valence-corrected chi connectivity index (χ1v) is 5.18. The van der Waals surface area contributed by atoms with Crippen molar-refractivity contribution < 1.29 is 9.15 Å². The first-order chi connectivity index (χ1) is 7.61. The molecule has 1 heterocycles. The van der Waals surface area contributed by atoms with Crippen molar-refractivity contribution in [3.8, 4) is 11.8 Å². The topological polar surface area (TPSA) is 46.2 Å². The number of furan rings is 1. The van der Waals surface area contributed by atoms with Crippen LogP contribution in [0.4, 0.5) is 0 Å². The van der Waals surface area contributed by atoms with Crippen molar-refractivity contribution in [3.05, 3.63) is 29.5 Å². The van der Waals surface area contributed by atoms with Crippen LogP contribution in [0.25, 0.3) is 11.0 Å². The molecule has 0 fully saturated rings. The minimum Gasteiger partial charge on any atom is -0.476 e. The number of aryl methyl sites for hydroxylation is 2. The van der Waals surface area contributed by atoms with E-state index in [1.54, 1.807) is 6.92 Å². The molecule has 0 aliphatic carbocycles. The molecule has 3 nitrogen and oxygen atoms in total. The van der Waals surface area contributed by atoms with Gasteiger partial charge in [-0.05, 0) is 38.5 Å². The van der Waals surface area contributed by atoms with Crippen LogP contribution in [-0.2, 0) is 0 Å². The second-order valence-corrected chi connectivity index (χ2v) is 3.83. The SMILES string of the molecule is Cc1oc2cc(OC(C)C#N)ccc2c1C. The molecule has 1 atom stereocenters. The maximum Gasteiger partial charge on any atom is 0.181 e. The van der Waals surface area contributed by atoms with Crippen LogP contribution in [0.1, 0.15) is 18.2 Å². The Bertz CT molecular complexity index is 563. The third kappa shape index (κ3) is 1.74. The van der Waals surface area contributed by atoms with Gasteiger partial charge in [-0.3, -0.25) is 0 Å². The monoisotopic (exact) mass is 215 g/mol. The van der Waals surface area contributed by atoms with E-state index in [0.29, 0.717) is 5.75 Å². The van der Waals surface area contributed by atoms with Gasteiger partial charge in [0.05, 0.1) is 0 Å². The van der Waals surface area contributed by atoms with Crippen molar-refractivity contribution >= 4 is 11.0 Å². The largest absolute Gasteiger partial charge is 0.476 e. The molecule has 1 aromatic carbocycles. The van der Waals surface area contributed by atoms with E-state index in [1.807, 2.05) is 38.1 Å². The van der Waals surface area contributed by atoms with E-state index in [1.165, 1.54) is 0 Å². The van der Waals surface area contributed by atoms with Gasteiger partial charge in [-0.25, -0.2) is 0 Å². The predicted octanol–water partition coefficient (Wildman–Crippen LogP) is 3.34. The van der Waals surface area contributed by atoms with Gasteiger partial charge in [-0.15, -0.1) is 0 Å². The molecular formula is C13H13NO2. The molecule has 2 rings (SSSR count). The standard InChI is InChI=1S/C13H13NO2/c1-8(7-14)15-11-4-5-12-9(2)10(3)16-13(12)6-11/h4-6,8H,1-3H3. The fraction of sp³-hybridized carbons (Fsp3) is 0.308. The van der Waals surface area contributed by atoms with Crippen molar-refractivity contribution in [2.75, 3.05) is 0 Å². The number of ether oxygens (including phenoxy) is 1. The van der Waals surface area contributed by atoms with E-state index in [4.69, 9.17) is 14.4 Å². The Morgan fingerprint density at radius 2 is 2.12 bits per heavy atom. The van der Waals surface area contributed by atoms with Gasteiger partial charge in [0.2, 0.25) is 0 Å². The quantitative estimate of drug-likeness (QED) is 0.771. The summed E-state index contributed by atoms with van der Waals surface area (Å²) in [4.78, 5) is 0. The molecule has 82 valence electrons. The average molecular weight is 215 g/mol. The number of benzene rings is 1. The molecule has 0 bridgehead atoms. The summed E-state index contributed by atoms with van der Waals surface area (Å²) in [6.45, 7) is 5.68. The molecule has 1 unspecified atom stereocenters. The third-order valence-corrected chi connectivity index (χ3v) is 2.64. The van der Waals surface area contributed by atoms with Crippen molar-refractivity contribution in [2.24, 2.45) is 0 Å². The molecule has 0 spiro atoms. The van der Waals surface area contributed by atoms with Crippen molar-refractivity contribution in [1.29, 1.82) is 5.26 Å². The zero-order valence-corrected chi connectivity index (χ0v) is 9.57. The Morgan fingerprint density at radius 1 is 1.38 bits per heavy atom. The van der Waals surface area contributed by atoms with Crippen LogP contribution in [0.3, 0.4) is 0 Å². The van der Waals surface area contributed by atoms with Gasteiger partial charge in [0.25, 0.3) is 0 Å². The van der Waals surface area contributed by atoms with Crippen molar-refractivity contribution in [3.63, 3.8) is 0 Å². The number of fused-ring (bicyclic) bond motifs is 1. The molecule has 0 saturated heterocycles. The maximum absolute atomic E-state index is 8.66. The molecule has 1 aromatic heterocycles. The number of nitriles is 1. The first-order valence-electron chi connectivity index (χ1n) is 5.18. The van der Waals surface area contributed by atoms with Crippen LogP contribution in [0, 0.1) is 25.2 Å². The van der Waals surface area contributed by atoms with Gasteiger partial charge >= 0.3 is 0 Å². The number of hydrogen-bond donors (Lipinski definition) is 0. The molecule has 0 aliphatic rings. The lowest BCUT2D eigenvalue weighted by atomic mass is 10.1. The van der Waals surface area contributed by atoms with E-state index >= 15 is 0 Å². The predicted molar refractivity (Wildman–Crippen MR) is 61.4 cm³/mol. The van der Waals surface area contributed by atoms with Crippen molar-refractivity contribution in [2.45, 2.75) is 26.9 Å². The summed E-state index contributed by atoms with van der Waals surface area (Å²) in [5, 5.41) is 9.75. The molecule has 0 aliphatic heterocycles. The summed E-state index contributed by atoms with van der Waals surface area (Å²) < 4.78 is 11.0. The van der Waals surface area contributed by atoms with Crippen LogP contribution in [0.5, 0.6) is 5.75 Å². The van der Waals surface area contributed by atoms with Crippen molar-refractivity contribution in [1.82, 2.24) is 0 Å². The Hall–Kier alpha value is -1.95. The summed E-state index contributed by atoms with van der Waals surface area (Å²) in [6.07, 6.45) is -0.449. The second-order valence-electron chi connectivity index (χ2n) is 3.83. The van der Waals surface area contributed by atoms with E-state index in [9.17, 15) is 0 Å². The Labute approximate surface area is 94.2 Å². The number of rotatable bonds is 2. The highest BCUT2D eigenvalue weighted by atomic mass is 16.5. The zero-order chi connectivity index (χ0) is 11.7. The minimum atomic E-state index is -0.449. The molecule has 2 aromatic rings. The third-order valence-electron chi connectivity index (χ3n) is 2.64. The lowest BCUT2D eigenvalue weighted by molar-refractivity contribution is 0.276.